The van der Waals surface area contributed by atoms with Gasteiger partial charge < -0.3 is 19.8 Å². The molecule has 5 rings (SSSR count). The zero-order chi connectivity index (χ0) is 25.1. The van der Waals surface area contributed by atoms with Crippen molar-refractivity contribution >= 4 is 29.3 Å². The molecule has 2 N–H and O–H groups in total. The van der Waals surface area contributed by atoms with Crippen LogP contribution in [0.4, 0.5) is 16.2 Å². The van der Waals surface area contributed by atoms with Crippen molar-refractivity contribution in [1.29, 1.82) is 0 Å². The topological polar surface area (TPSA) is 155 Å². The van der Waals surface area contributed by atoms with Crippen LogP contribution in [-0.2, 0) is 16.0 Å². The Bertz CT molecular complexity index is 1390. The quantitative estimate of drug-likeness (QED) is 0.275. The van der Waals surface area contributed by atoms with Crippen molar-refractivity contribution in [3.63, 3.8) is 0 Å². The maximum Gasteiger partial charge on any atom is 0.324 e. The monoisotopic (exact) mass is 490 g/mol. The first-order valence-electron chi connectivity index (χ1n) is 11.8. The summed E-state index contributed by atoms with van der Waals surface area (Å²) in [6, 6.07) is 3.00. The van der Waals surface area contributed by atoms with Gasteiger partial charge >= 0.3 is 6.03 Å². The van der Waals surface area contributed by atoms with E-state index >= 15 is 0 Å². The van der Waals surface area contributed by atoms with Gasteiger partial charge in [0.25, 0.3) is 0 Å². The minimum absolute atomic E-state index is 0.0186. The second kappa shape index (κ2) is 10.2. The van der Waals surface area contributed by atoms with E-state index in [4.69, 9.17) is 15.0 Å². The van der Waals surface area contributed by atoms with Gasteiger partial charge in [-0.15, -0.1) is 0 Å². The lowest BCUT2D eigenvalue weighted by molar-refractivity contribution is -0.111. The number of anilines is 2. The fourth-order valence-corrected chi connectivity index (χ4v) is 4.68. The van der Waals surface area contributed by atoms with Crippen molar-refractivity contribution in [3.05, 3.63) is 47.9 Å². The summed E-state index contributed by atoms with van der Waals surface area (Å²) in [5.74, 6) is 0.940. The Morgan fingerprint density at radius 3 is 2.89 bits per heavy atom. The number of primary amides is 1. The van der Waals surface area contributed by atoms with Crippen molar-refractivity contribution in [2.24, 2.45) is 5.73 Å². The van der Waals surface area contributed by atoms with Gasteiger partial charge in [-0.1, -0.05) is 18.0 Å². The van der Waals surface area contributed by atoms with Crippen LogP contribution < -0.4 is 10.6 Å². The van der Waals surface area contributed by atoms with E-state index in [1.165, 1.54) is 4.90 Å². The Labute approximate surface area is 206 Å². The average molecular weight is 491 g/mol. The Hall–Kier alpha value is -4.19. The van der Waals surface area contributed by atoms with Gasteiger partial charge in [0.05, 0.1) is 48.7 Å². The van der Waals surface area contributed by atoms with E-state index in [0.717, 1.165) is 42.6 Å². The molecule has 0 spiro atoms. The number of urea groups is 1. The van der Waals surface area contributed by atoms with Crippen molar-refractivity contribution in [2.75, 3.05) is 18.1 Å². The Morgan fingerprint density at radius 2 is 2.14 bits per heavy atom. The Kier molecular flexibility index (Phi) is 6.67. The molecular formula is C24H26N8O4. The number of hydrogen-bond donors (Lipinski definition) is 1. The standard InChI is InChI=1S/C24H26N8O4/c1-15-12-17(13-27-21(15)23-29-20(36-30-23)7-10-35-11-9-33)31(24(25)34)18-14-26-19-6-8-28-32(19)22(18)16-4-2-3-5-16/h6,8-9,12-14,16H,2-5,7,10-11H2,1H3,(H2,25,34). The number of nitrogens with two attached hydrogens (primary N) is 1. The third-order valence-corrected chi connectivity index (χ3v) is 6.28. The number of carbonyl (C=O) groups excluding carboxylic acids is 2. The van der Waals surface area contributed by atoms with Gasteiger partial charge in [-0.05, 0) is 31.4 Å². The van der Waals surface area contributed by atoms with Crippen LogP contribution in [0.25, 0.3) is 17.2 Å². The maximum atomic E-state index is 12.7. The van der Waals surface area contributed by atoms with Crippen LogP contribution in [0, 0.1) is 6.92 Å². The van der Waals surface area contributed by atoms with Gasteiger partial charge in [0, 0.05) is 12.0 Å². The largest absolute Gasteiger partial charge is 0.373 e. The fraction of sp³-hybridized carbons (Fsp3) is 0.375. The normalized spacial score (nSPS) is 13.9. The summed E-state index contributed by atoms with van der Waals surface area (Å²) in [5, 5.41) is 8.48. The molecule has 1 saturated carbocycles. The molecule has 186 valence electrons. The molecule has 2 amide bonds. The van der Waals surface area contributed by atoms with Crippen LogP contribution in [0.5, 0.6) is 0 Å². The lowest BCUT2D eigenvalue weighted by Crippen LogP contribution is -2.33. The van der Waals surface area contributed by atoms with Crippen LogP contribution in [0.15, 0.2) is 35.2 Å². The number of aldehydes is 1. The molecule has 12 heteroatoms. The summed E-state index contributed by atoms with van der Waals surface area (Å²) in [6.07, 6.45) is 10.3. The zero-order valence-electron chi connectivity index (χ0n) is 19.8. The number of aromatic nitrogens is 6. The number of carbonyl (C=O) groups is 2. The molecule has 1 fully saturated rings. The molecule has 1 aliphatic rings. The van der Waals surface area contributed by atoms with E-state index in [1.807, 2.05) is 19.1 Å². The van der Waals surface area contributed by atoms with Gasteiger partial charge in [-0.25, -0.2) is 14.3 Å². The summed E-state index contributed by atoms with van der Waals surface area (Å²) in [7, 11) is 0. The third kappa shape index (κ3) is 4.54. The highest BCUT2D eigenvalue weighted by atomic mass is 16.5. The number of aryl methyl sites for hydroxylation is 1. The molecule has 0 saturated heterocycles. The molecular weight excluding hydrogens is 464 g/mol. The smallest absolute Gasteiger partial charge is 0.324 e. The van der Waals surface area contributed by atoms with Gasteiger partial charge in [0.1, 0.15) is 18.6 Å². The second-order valence-corrected chi connectivity index (χ2v) is 8.65. The van der Waals surface area contributed by atoms with Crippen LogP contribution in [0.2, 0.25) is 0 Å². The van der Waals surface area contributed by atoms with Crippen LogP contribution in [0.1, 0.15) is 48.7 Å². The third-order valence-electron chi connectivity index (χ3n) is 6.28. The molecule has 4 heterocycles. The van der Waals surface area contributed by atoms with Crippen molar-refractivity contribution < 1.29 is 18.8 Å². The number of pyridine rings is 1. The summed E-state index contributed by atoms with van der Waals surface area (Å²) in [5.41, 5.74) is 9.88. The molecule has 0 aromatic carbocycles. The van der Waals surface area contributed by atoms with E-state index in [2.05, 4.69) is 25.2 Å². The van der Waals surface area contributed by atoms with E-state index in [-0.39, 0.29) is 19.1 Å². The van der Waals surface area contributed by atoms with Crippen LogP contribution >= 0.6 is 0 Å². The number of rotatable bonds is 9. The molecule has 0 unspecified atom stereocenters. The summed E-state index contributed by atoms with van der Waals surface area (Å²) < 4.78 is 12.2. The van der Waals surface area contributed by atoms with Gasteiger partial charge in [-0.3, -0.25) is 9.88 Å². The predicted octanol–water partition coefficient (Wildman–Crippen LogP) is 3.12. The number of ether oxygens (including phenoxy) is 1. The minimum atomic E-state index is -0.645. The minimum Gasteiger partial charge on any atom is -0.373 e. The first kappa shape index (κ1) is 23.5. The predicted molar refractivity (Wildman–Crippen MR) is 129 cm³/mol. The van der Waals surface area contributed by atoms with Gasteiger partial charge in [0.15, 0.2) is 5.65 Å². The average Bonchev–Trinajstić information content (AvgIpc) is 3.64. The SMILES string of the molecule is Cc1cc(N(C(N)=O)c2cnc3ccnn3c2C2CCCC2)cnc1-c1noc(CCOCC=O)n1. The first-order chi connectivity index (χ1) is 17.6. The van der Waals surface area contributed by atoms with E-state index in [0.29, 0.717) is 41.5 Å². The van der Waals surface area contributed by atoms with Gasteiger partial charge in [0.2, 0.25) is 11.7 Å². The molecule has 12 nitrogen and oxygen atoms in total. The first-order valence-corrected chi connectivity index (χ1v) is 11.8. The molecule has 1 aliphatic carbocycles. The molecule has 4 aromatic rings. The molecule has 36 heavy (non-hydrogen) atoms. The molecule has 4 aromatic heterocycles. The Morgan fingerprint density at radius 1 is 1.31 bits per heavy atom. The molecule has 0 aliphatic heterocycles. The highest BCUT2D eigenvalue weighted by Gasteiger charge is 2.29. The number of amides is 2. The van der Waals surface area contributed by atoms with E-state index in [9.17, 15) is 9.59 Å². The highest BCUT2D eigenvalue weighted by Crippen LogP contribution is 2.40. The van der Waals surface area contributed by atoms with Crippen molar-refractivity contribution in [1.82, 2.24) is 29.7 Å². The van der Waals surface area contributed by atoms with Crippen molar-refractivity contribution in [3.8, 4) is 11.5 Å². The summed E-state index contributed by atoms with van der Waals surface area (Å²) in [6.45, 7) is 2.16. The number of fused-ring (bicyclic) bond motifs is 1. The summed E-state index contributed by atoms with van der Waals surface area (Å²) >= 11 is 0. The van der Waals surface area contributed by atoms with E-state index in [1.54, 1.807) is 23.1 Å². The fourth-order valence-electron chi connectivity index (χ4n) is 4.68. The number of hydrogen-bond acceptors (Lipinski definition) is 9. The van der Waals surface area contributed by atoms with E-state index < -0.39 is 6.03 Å². The lowest BCUT2D eigenvalue weighted by atomic mass is 10.0. The van der Waals surface area contributed by atoms with Gasteiger partial charge in [-0.2, -0.15) is 10.1 Å². The van der Waals surface area contributed by atoms with Crippen LogP contribution in [-0.4, -0.2) is 55.3 Å². The van der Waals surface area contributed by atoms with Crippen molar-refractivity contribution in [2.45, 2.75) is 44.9 Å². The summed E-state index contributed by atoms with van der Waals surface area (Å²) in [4.78, 5) is 37.9. The molecule has 0 bridgehead atoms. The second-order valence-electron chi connectivity index (χ2n) is 8.65. The number of nitrogens with zero attached hydrogens (tertiary/aromatic N) is 7. The van der Waals surface area contributed by atoms with Crippen LogP contribution in [0.3, 0.4) is 0 Å². The highest BCUT2D eigenvalue weighted by molar-refractivity contribution is 5.99. The zero-order valence-corrected chi connectivity index (χ0v) is 19.8. The Balaban J connectivity index is 1.48. The molecule has 0 atom stereocenters. The lowest BCUT2D eigenvalue weighted by Gasteiger charge is -2.25. The maximum absolute atomic E-state index is 12.7. The molecule has 0 radical (unpaired) electrons.